The molecule has 0 amide bonds. The van der Waals surface area contributed by atoms with Crippen molar-refractivity contribution in [1.29, 1.82) is 0 Å². The molecule has 1 aromatic carbocycles. The van der Waals surface area contributed by atoms with Crippen molar-refractivity contribution in [2.45, 2.75) is 45.1 Å². The van der Waals surface area contributed by atoms with Gasteiger partial charge in [-0.3, -0.25) is 4.90 Å². The lowest BCUT2D eigenvalue weighted by Crippen LogP contribution is -2.35. The van der Waals surface area contributed by atoms with Crippen LogP contribution in [0.1, 0.15) is 49.3 Å². The van der Waals surface area contributed by atoms with Crippen molar-refractivity contribution in [3.8, 4) is 0 Å². The maximum atomic E-state index is 14.1. The van der Waals surface area contributed by atoms with E-state index >= 15 is 0 Å². The predicted octanol–water partition coefficient (Wildman–Crippen LogP) is 3.65. The van der Waals surface area contributed by atoms with Gasteiger partial charge in [0.1, 0.15) is 5.82 Å². The zero-order valence-corrected chi connectivity index (χ0v) is 12.7. The van der Waals surface area contributed by atoms with Crippen LogP contribution in [0.5, 0.6) is 0 Å². The highest BCUT2D eigenvalue weighted by molar-refractivity contribution is 5.27. The molecule has 2 N–H and O–H groups in total. The van der Waals surface area contributed by atoms with Crippen molar-refractivity contribution in [2.75, 3.05) is 20.1 Å². The molecule has 2 rings (SSSR count). The quantitative estimate of drug-likeness (QED) is 0.891. The minimum absolute atomic E-state index is 0.0168. The first-order valence-corrected chi connectivity index (χ1v) is 7.78. The Balaban J connectivity index is 2.07. The summed E-state index contributed by atoms with van der Waals surface area (Å²) in [7, 11) is 2.08. The molecule has 1 fully saturated rings. The monoisotopic (exact) mass is 278 g/mol. The molecule has 20 heavy (non-hydrogen) atoms. The fourth-order valence-corrected chi connectivity index (χ4v) is 3.37. The fraction of sp³-hybridized carbons (Fsp3) is 0.647. The van der Waals surface area contributed by atoms with E-state index in [0.29, 0.717) is 6.54 Å². The molecule has 0 spiro atoms. The van der Waals surface area contributed by atoms with Gasteiger partial charge in [-0.15, -0.1) is 0 Å². The molecule has 0 saturated heterocycles. The van der Waals surface area contributed by atoms with Crippen LogP contribution >= 0.6 is 0 Å². The van der Waals surface area contributed by atoms with Gasteiger partial charge in [-0.25, -0.2) is 4.39 Å². The van der Waals surface area contributed by atoms with E-state index in [1.807, 2.05) is 19.1 Å². The van der Waals surface area contributed by atoms with Gasteiger partial charge in [0.2, 0.25) is 0 Å². The Kier molecular flexibility index (Phi) is 5.55. The molecule has 2 nitrogen and oxygen atoms in total. The van der Waals surface area contributed by atoms with Gasteiger partial charge in [-0.2, -0.15) is 0 Å². The number of rotatable bonds is 5. The van der Waals surface area contributed by atoms with E-state index in [0.717, 1.165) is 23.6 Å². The zero-order valence-electron chi connectivity index (χ0n) is 12.7. The van der Waals surface area contributed by atoms with E-state index in [1.165, 1.54) is 32.1 Å². The van der Waals surface area contributed by atoms with Crippen molar-refractivity contribution >= 4 is 0 Å². The molecule has 0 aromatic heterocycles. The third-order valence-corrected chi connectivity index (χ3v) is 4.54. The van der Waals surface area contributed by atoms with Crippen LogP contribution in [0.4, 0.5) is 4.39 Å². The second-order valence-electron chi connectivity index (χ2n) is 6.22. The number of aryl methyl sites for hydroxylation is 1. The average Bonchev–Trinajstić information content (AvgIpc) is 2.44. The maximum absolute atomic E-state index is 14.1. The van der Waals surface area contributed by atoms with Crippen LogP contribution in [-0.2, 0) is 0 Å². The molecule has 1 aliphatic rings. The van der Waals surface area contributed by atoms with Crippen LogP contribution in [0.2, 0.25) is 0 Å². The molecule has 1 aromatic rings. The number of nitrogens with zero attached hydrogens (tertiary/aromatic N) is 1. The van der Waals surface area contributed by atoms with Crippen LogP contribution < -0.4 is 5.73 Å². The van der Waals surface area contributed by atoms with Gasteiger partial charge in [0.25, 0.3) is 0 Å². The summed E-state index contributed by atoms with van der Waals surface area (Å²) in [5, 5.41) is 0. The Morgan fingerprint density at radius 1 is 1.30 bits per heavy atom. The standard InChI is InChI=1S/C17H27FN2/c1-13-8-9-16(18)15(10-13)17(11-19)20(2)12-14-6-4-3-5-7-14/h8-10,14,17H,3-7,11-12,19H2,1-2H3. The highest BCUT2D eigenvalue weighted by atomic mass is 19.1. The molecule has 0 radical (unpaired) electrons. The third-order valence-electron chi connectivity index (χ3n) is 4.54. The molecule has 0 bridgehead atoms. The molecule has 112 valence electrons. The van der Waals surface area contributed by atoms with Crippen LogP contribution in [0, 0.1) is 18.7 Å². The van der Waals surface area contributed by atoms with Crippen molar-refractivity contribution in [3.05, 3.63) is 35.1 Å². The van der Waals surface area contributed by atoms with E-state index < -0.39 is 0 Å². The number of benzene rings is 1. The average molecular weight is 278 g/mol. The predicted molar refractivity (Wildman–Crippen MR) is 82.1 cm³/mol. The molecule has 1 aliphatic carbocycles. The molecule has 0 heterocycles. The smallest absolute Gasteiger partial charge is 0.128 e. The lowest BCUT2D eigenvalue weighted by atomic mass is 9.88. The lowest BCUT2D eigenvalue weighted by Gasteiger charge is -2.32. The number of halogens is 1. The highest BCUT2D eigenvalue weighted by Crippen LogP contribution is 2.28. The van der Waals surface area contributed by atoms with E-state index in [4.69, 9.17) is 5.73 Å². The van der Waals surface area contributed by atoms with Gasteiger partial charge >= 0.3 is 0 Å². The summed E-state index contributed by atoms with van der Waals surface area (Å²) in [5.74, 6) is 0.609. The molecule has 1 atom stereocenters. The lowest BCUT2D eigenvalue weighted by molar-refractivity contribution is 0.183. The molecule has 0 aliphatic heterocycles. The molecule has 3 heteroatoms. The Labute approximate surface area is 122 Å². The summed E-state index contributed by atoms with van der Waals surface area (Å²) in [4.78, 5) is 2.24. The Hall–Kier alpha value is -0.930. The largest absolute Gasteiger partial charge is 0.329 e. The second-order valence-corrected chi connectivity index (χ2v) is 6.22. The van der Waals surface area contributed by atoms with E-state index in [-0.39, 0.29) is 11.9 Å². The van der Waals surface area contributed by atoms with E-state index in [9.17, 15) is 4.39 Å². The SMILES string of the molecule is Cc1ccc(F)c(C(CN)N(C)CC2CCCCC2)c1. The van der Waals surface area contributed by atoms with Crippen molar-refractivity contribution in [1.82, 2.24) is 4.90 Å². The highest BCUT2D eigenvalue weighted by Gasteiger charge is 2.23. The van der Waals surface area contributed by atoms with E-state index in [2.05, 4.69) is 11.9 Å². The minimum atomic E-state index is -0.137. The van der Waals surface area contributed by atoms with Gasteiger partial charge in [0.05, 0.1) is 0 Å². The summed E-state index contributed by atoms with van der Waals surface area (Å²) >= 11 is 0. The normalized spacial score (nSPS) is 18.4. The Morgan fingerprint density at radius 2 is 2.00 bits per heavy atom. The Morgan fingerprint density at radius 3 is 2.65 bits per heavy atom. The summed E-state index contributed by atoms with van der Waals surface area (Å²) in [6.45, 7) is 3.48. The maximum Gasteiger partial charge on any atom is 0.128 e. The Bertz CT molecular complexity index is 427. The summed E-state index contributed by atoms with van der Waals surface area (Å²) in [6, 6.07) is 5.29. The van der Waals surface area contributed by atoms with Crippen LogP contribution in [0.3, 0.4) is 0 Å². The minimum Gasteiger partial charge on any atom is -0.329 e. The second kappa shape index (κ2) is 7.19. The van der Waals surface area contributed by atoms with Gasteiger partial charge in [0.15, 0.2) is 0 Å². The van der Waals surface area contributed by atoms with Crippen molar-refractivity contribution in [3.63, 3.8) is 0 Å². The summed E-state index contributed by atoms with van der Waals surface area (Å²) in [5.41, 5.74) is 7.75. The number of hydrogen-bond donors (Lipinski definition) is 1. The molecular formula is C17H27FN2. The van der Waals surface area contributed by atoms with Crippen LogP contribution in [-0.4, -0.2) is 25.0 Å². The molecule has 1 saturated carbocycles. The third kappa shape index (κ3) is 3.80. The number of nitrogens with two attached hydrogens (primary N) is 1. The molecule has 1 unspecified atom stereocenters. The zero-order chi connectivity index (χ0) is 14.5. The van der Waals surface area contributed by atoms with E-state index in [1.54, 1.807) is 6.07 Å². The topological polar surface area (TPSA) is 29.3 Å². The number of hydrogen-bond acceptors (Lipinski definition) is 2. The summed E-state index contributed by atoms with van der Waals surface area (Å²) < 4.78 is 14.1. The van der Waals surface area contributed by atoms with Gasteiger partial charge < -0.3 is 5.73 Å². The fourth-order valence-electron chi connectivity index (χ4n) is 3.37. The first-order valence-electron chi connectivity index (χ1n) is 7.78. The van der Waals surface area contributed by atoms with Crippen molar-refractivity contribution < 1.29 is 4.39 Å². The van der Waals surface area contributed by atoms with Gasteiger partial charge in [-0.05, 0) is 38.8 Å². The number of likely N-dealkylation sites (N-methyl/N-ethyl adjacent to an activating group) is 1. The van der Waals surface area contributed by atoms with Gasteiger partial charge in [0, 0.05) is 24.7 Å². The summed E-state index contributed by atoms with van der Waals surface area (Å²) in [6.07, 6.45) is 6.65. The first-order chi connectivity index (χ1) is 9.61. The van der Waals surface area contributed by atoms with Crippen LogP contribution in [0.25, 0.3) is 0 Å². The van der Waals surface area contributed by atoms with Gasteiger partial charge in [-0.1, -0.05) is 37.0 Å². The van der Waals surface area contributed by atoms with Crippen molar-refractivity contribution in [2.24, 2.45) is 11.7 Å². The molecular weight excluding hydrogens is 251 g/mol. The van der Waals surface area contributed by atoms with Crippen LogP contribution in [0.15, 0.2) is 18.2 Å². The first kappa shape index (κ1) is 15.5.